The molecule has 2 amide bonds. The molecule has 0 aromatic carbocycles. The van der Waals surface area contributed by atoms with E-state index in [1.807, 2.05) is 0 Å². The monoisotopic (exact) mass is 300 g/mol. The third kappa shape index (κ3) is 5.61. The van der Waals surface area contributed by atoms with Crippen molar-refractivity contribution >= 4 is 18.0 Å². The second-order valence-electron chi connectivity index (χ2n) is 5.81. The van der Waals surface area contributed by atoms with Gasteiger partial charge in [0.05, 0.1) is 0 Å². The standard InChI is InChI=1S/C14H24N2O5/c1-8-6-7-10(9(8)2)15-14(21)16-11(13(19)20)4-3-5-12(17)18/h8-11H,3-7H2,1-2H3,(H,17,18)(H,19,20)(H2,15,16,21)/t8?,9?,10?,11-/m1/s1. The van der Waals surface area contributed by atoms with Crippen molar-refractivity contribution in [2.24, 2.45) is 11.8 Å². The van der Waals surface area contributed by atoms with Gasteiger partial charge in [0, 0.05) is 12.5 Å². The molecule has 0 aromatic heterocycles. The van der Waals surface area contributed by atoms with Gasteiger partial charge in [-0.05, 0) is 37.5 Å². The Morgan fingerprint density at radius 3 is 2.33 bits per heavy atom. The molecule has 3 unspecified atom stereocenters. The lowest BCUT2D eigenvalue weighted by molar-refractivity contribution is -0.140. The van der Waals surface area contributed by atoms with Gasteiger partial charge < -0.3 is 20.8 Å². The highest BCUT2D eigenvalue weighted by Gasteiger charge is 2.31. The molecule has 0 aromatic rings. The Hall–Kier alpha value is -1.79. The normalized spacial score (nSPS) is 26.1. The van der Waals surface area contributed by atoms with Crippen molar-refractivity contribution < 1.29 is 24.6 Å². The molecule has 4 atom stereocenters. The summed E-state index contributed by atoms with van der Waals surface area (Å²) in [5, 5.41) is 22.8. The van der Waals surface area contributed by atoms with Crippen molar-refractivity contribution in [3.8, 4) is 0 Å². The third-order valence-corrected chi connectivity index (χ3v) is 4.27. The van der Waals surface area contributed by atoms with Crippen molar-refractivity contribution in [1.82, 2.24) is 10.6 Å². The van der Waals surface area contributed by atoms with E-state index in [0.29, 0.717) is 11.8 Å². The molecule has 1 rings (SSSR count). The number of amides is 2. The van der Waals surface area contributed by atoms with Gasteiger partial charge in [-0.15, -0.1) is 0 Å². The fourth-order valence-corrected chi connectivity index (χ4v) is 2.65. The van der Waals surface area contributed by atoms with Gasteiger partial charge in [-0.2, -0.15) is 0 Å². The van der Waals surface area contributed by atoms with Crippen LogP contribution in [-0.2, 0) is 9.59 Å². The lowest BCUT2D eigenvalue weighted by atomic mass is 9.98. The summed E-state index contributed by atoms with van der Waals surface area (Å²) < 4.78 is 0. The molecule has 0 saturated heterocycles. The van der Waals surface area contributed by atoms with Gasteiger partial charge in [0.25, 0.3) is 0 Å². The van der Waals surface area contributed by atoms with Crippen LogP contribution in [0.5, 0.6) is 0 Å². The molecule has 7 nitrogen and oxygen atoms in total. The first kappa shape index (κ1) is 17.3. The first-order valence-electron chi connectivity index (χ1n) is 7.33. The minimum absolute atomic E-state index is 0.0634. The molecule has 120 valence electrons. The molecule has 1 aliphatic carbocycles. The number of urea groups is 1. The molecule has 4 N–H and O–H groups in total. The van der Waals surface area contributed by atoms with E-state index in [4.69, 9.17) is 10.2 Å². The summed E-state index contributed by atoms with van der Waals surface area (Å²) in [7, 11) is 0. The fraction of sp³-hybridized carbons (Fsp3) is 0.786. The number of hydrogen-bond donors (Lipinski definition) is 4. The summed E-state index contributed by atoms with van der Waals surface area (Å²) in [4.78, 5) is 33.4. The summed E-state index contributed by atoms with van der Waals surface area (Å²) >= 11 is 0. The average Bonchev–Trinajstić information content (AvgIpc) is 2.69. The van der Waals surface area contributed by atoms with Crippen molar-refractivity contribution in [1.29, 1.82) is 0 Å². The van der Waals surface area contributed by atoms with Crippen molar-refractivity contribution in [2.45, 2.75) is 58.0 Å². The summed E-state index contributed by atoms with van der Waals surface area (Å²) in [6, 6.07) is -1.49. The van der Waals surface area contributed by atoms with Gasteiger partial charge in [-0.25, -0.2) is 9.59 Å². The smallest absolute Gasteiger partial charge is 0.326 e. The fourth-order valence-electron chi connectivity index (χ4n) is 2.65. The molecule has 0 heterocycles. The van der Waals surface area contributed by atoms with E-state index >= 15 is 0 Å². The lowest BCUT2D eigenvalue weighted by Crippen LogP contribution is -2.49. The van der Waals surface area contributed by atoms with E-state index in [2.05, 4.69) is 24.5 Å². The number of carbonyl (C=O) groups is 3. The number of hydrogen-bond acceptors (Lipinski definition) is 3. The maximum atomic E-state index is 11.9. The van der Waals surface area contributed by atoms with Crippen molar-refractivity contribution in [2.75, 3.05) is 0 Å². The predicted octanol–water partition coefficient (Wildman–Crippen LogP) is 1.43. The van der Waals surface area contributed by atoms with Gasteiger partial charge in [0.1, 0.15) is 6.04 Å². The molecule has 1 saturated carbocycles. The van der Waals surface area contributed by atoms with Gasteiger partial charge in [-0.3, -0.25) is 4.79 Å². The molecule has 0 radical (unpaired) electrons. The van der Waals surface area contributed by atoms with Gasteiger partial charge in [0.2, 0.25) is 0 Å². The third-order valence-electron chi connectivity index (χ3n) is 4.27. The van der Waals surface area contributed by atoms with Crippen LogP contribution in [0.1, 0.15) is 46.0 Å². The highest BCUT2D eigenvalue weighted by Crippen LogP contribution is 2.30. The zero-order valence-corrected chi connectivity index (χ0v) is 12.5. The van der Waals surface area contributed by atoms with Gasteiger partial charge in [-0.1, -0.05) is 13.8 Å². The molecule has 0 bridgehead atoms. The Labute approximate surface area is 124 Å². The van der Waals surface area contributed by atoms with E-state index in [1.165, 1.54) is 0 Å². The molecule has 1 fully saturated rings. The van der Waals surface area contributed by atoms with E-state index in [1.54, 1.807) is 0 Å². The van der Waals surface area contributed by atoms with Crippen LogP contribution >= 0.6 is 0 Å². The summed E-state index contributed by atoms with van der Waals surface area (Å²) in [6.07, 6.45) is 2.15. The Bertz CT molecular complexity index is 399. The molecule has 0 aliphatic heterocycles. The Morgan fingerprint density at radius 2 is 1.86 bits per heavy atom. The van der Waals surface area contributed by atoms with E-state index < -0.39 is 24.0 Å². The van der Waals surface area contributed by atoms with Crippen LogP contribution in [0.3, 0.4) is 0 Å². The average molecular weight is 300 g/mol. The largest absolute Gasteiger partial charge is 0.481 e. The molecular weight excluding hydrogens is 276 g/mol. The number of aliphatic carboxylic acids is 2. The summed E-state index contributed by atoms with van der Waals surface area (Å²) in [6.45, 7) is 4.21. The Kier molecular flexibility index (Phi) is 6.45. The molecule has 7 heteroatoms. The predicted molar refractivity (Wildman–Crippen MR) is 75.9 cm³/mol. The minimum atomic E-state index is -1.15. The molecular formula is C14H24N2O5. The van der Waals surface area contributed by atoms with Crippen molar-refractivity contribution in [3.63, 3.8) is 0 Å². The second kappa shape index (κ2) is 7.85. The van der Waals surface area contributed by atoms with Crippen LogP contribution in [-0.4, -0.2) is 40.3 Å². The zero-order chi connectivity index (χ0) is 16.0. The SMILES string of the molecule is CC1CCC(NC(=O)N[C@H](CCCC(=O)O)C(=O)O)C1C. The van der Waals surface area contributed by atoms with E-state index in [0.717, 1.165) is 12.8 Å². The zero-order valence-electron chi connectivity index (χ0n) is 12.5. The number of carbonyl (C=O) groups excluding carboxylic acids is 1. The first-order valence-corrected chi connectivity index (χ1v) is 7.33. The lowest BCUT2D eigenvalue weighted by Gasteiger charge is -2.21. The molecule has 1 aliphatic rings. The molecule has 0 spiro atoms. The Morgan fingerprint density at radius 1 is 1.19 bits per heavy atom. The van der Waals surface area contributed by atoms with E-state index in [-0.39, 0.29) is 25.3 Å². The maximum absolute atomic E-state index is 11.9. The van der Waals surface area contributed by atoms with Gasteiger partial charge in [0.15, 0.2) is 0 Å². The Balaban J connectivity index is 2.41. The minimum Gasteiger partial charge on any atom is -0.481 e. The number of carboxylic acid groups (broad SMARTS) is 2. The van der Waals surface area contributed by atoms with Crippen molar-refractivity contribution in [3.05, 3.63) is 0 Å². The van der Waals surface area contributed by atoms with Gasteiger partial charge >= 0.3 is 18.0 Å². The second-order valence-corrected chi connectivity index (χ2v) is 5.81. The summed E-state index contributed by atoms with van der Waals surface area (Å²) in [5.41, 5.74) is 0. The molecule has 21 heavy (non-hydrogen) atoms. The van der Waals surface area contributed by atoms with Crippen LogP contribution in [0.25, 0.3) is 0 Å². The van der Waals surface area contributed by atoms with Crippen LogP contribution in [0, 0.1) is 11.8 Å². The number of nitrogens with one attached hydrogen (secondary N) is 2. The summed E-state index contributed by atoms with van der Waals surface area (Å²) in [5.74, 6) is -1.21. The number of rotatable bonds is 7. The van der Waals surface area contributed by atoms with E-state index in [9.17, 15) is 14.4 Å². The quantitative estimate of drug-likeness (QED) is 0.567. The highest BCUT2D eigenvalue weighted by molar-refractivity contribution is 5.82. The van der Waals surface area contributed by atoms with Crippen LogP contribution in [0.15, 0.2) is 0 Å². The maximum Gasteiger partial charge on any atom is 0.326 e. The number of carboxylic acids is 2. The van der Waals surface area contributed by atoms with Crippen LogP contribution < -0.4 is 10.6 Å². The van der Waals surface area contributed by atoms with Crippen LogP contribution in [0.4, 0.5) is 4.79 Å². The highest BCUT2D eigenvalue weighted by atomic mass is 16.4. The first-order chi connectivity index (χ1) is 9.81. The van der Waals surface area contributed by atoms with Crippen LogP contribution in [0.2, 0.25) is 0 Å². The topological polar surface area (TPSA) is 116 Å².